The number of hydrogen-bond acceptors (Lipinski definition) is 4. The molecule has 2 N–H and O–H groups in total. The summed E-state index contributed by atoms with van der Waals surface area (Å²) in [4.78, 5) is 30.4. The molecule has 1 aliphatic carbocycles. The molecule has 1 aliphatic rings. The van der Waals surface area contributed by atoms with Gasteiger partial charge in [0, 0.05) is 22.7 Å². The maximum atomic E-state index is 12.5. The van der Waals surface area contributed by atoms with Crippen LogP contribution in [0, 0.1) is 6.92 Å². The Morgan fingerprint density at radius 3 is 2.96 bits per heavy atom. The molecule has 3 rings (SSSR count). The Bertz CT molecular complexity index is 821. The Kier molecular flexibility index (Phi) is 4.46. The highest BCUT2D eigenvalue weighted by atomic mass is 35.5. The minimum Gasteiger partial charge on any atom is -0.349 e. The van der Waals surface area contributed by atoms with Crippen molar-refractivity contribution in [3.63, 3.8) is 0 Å². The molecule has 7 heteroatoms. The van der Waals surface area contributed by atoms with Crippen LogP contribution >= 0.6 is 23.4 Å². The highest BCUT2D eigenvalue weighted by Gasteiger charge is 2.40. The normalized spacial score (nSPS) is 19.4. The number of aryl methyl sites for hydroxylation is 1. The van der Waals surface area contributed by atoms with Gasteiger partial charge >= 0.3 is 5.69 Å². The van der Waals surface area contributed by atoms with E-state index in [1.807, 2.05) is 24.3 Å². The predicted octanol–water partition coefficient (Wildman–Crippen LogP) is 2.74. The van der Waals surface area contributed by atoms with Crippen LogP contribution in [0.3, 0.4) is 0 Å². The lowest BCUT2D eigenvalue weighted by Crippen LogP contribution is -2.30. The predicted molar refractivity (Wildman–Crippen MR) is 91.4 cm³/mol. The minimum absolute atomic E-state index is 0.0852. The molecule has 5 nitrogen and oxygen atoms in total. The molecule has 0 saturated heterocycles. The fourth-order valence-electron chi connectivity index (χ4n) is 2.68. The number of carbonyl (C=O) groups excluding carboxylic acids is 1. The van der Waals surface area contributed by atoms with Gasteiger partial charge in [-0.2, -0.15) is 4.98 Å². The SMILES string of the molecule is CSc1nc(=O)[nH]c(C)c1C(=O)N[C@@H]1C[C@H]1c1cccc(Cl)c1. The molecule has 1 amide bonds. The van der Waals surface area contributed by atoms with Crippen LogP contribution in [0.2, 0.25) is 5.02 Å². The van der Waals surface area contributed by atoms with Crippen LogP contribution in [-0.4, -0.2) is 28.2 Å². The van der Waals surface area contributed by atoms with Gasteiger partial charge in [0.05, 0.1) is 5.56 Å². The van der Waals surface area contributed by atoms with E-state index in [1.54, 1.807) is 13.2 Å². The number of nitrogens with zero attached hydrogens (tertiary/aromatic N) is 1. The molecule has 1 aromatic heterocycles. The molecule has 1 saturated carbocycles. The number of benzene rings is 1. The average molecular weight is 350 g/mol. The van der Waals surface area contributed by atoms with Crippen molar-refractivity contribution in [1.82, 2.24) is 15.3 Å². The summed E-state index contributed by atoms with van der Waals surface area (Å²) in [6.07, 6.45) is 2.68. The van der Waals surface area contributed by atoms with Crippen molar-refractivity contribution >= 4 is 29.3 Å². The van der Waals surface area contributed by atoms with E-state index in [4.69, 9.17) is 11.6 Å². The fraction of sp³-hybridized carbons (Fsp3) is 0.312. The largest absolute Gasteiger partial charge is 0.349 e. The first-order valence-electron chi connectivity index (χ1n) is 7.21. The van der Waals surface area contributed by atoms with Gasteiger partial charge in [0.1, 0.15) is 5.03 Å². The number of H-pyrrole nitrogens is 1. The van der Waals surface area contributed by atoms with Crippen molar-refractivity contribution in [2.45, 2.75) is 30.3 Å². The monoisotopic (exact) mass is 349 g/mol. The van der Waals surface area contributed by atoms with E-state index in [1.165, 1.54) is 11.8 Å². The Balaban J connectivity index is 1.76. The zero-order chi connectivity index (χ0) is 16.6. The number of aromatic nitrogens is 2. The number of aromatic amines is 1. The Morgan fingerprint density at radius 1 is 1.48 bits per heavy atom. The molecule has 120 valence electrons. The maximum Gasteiger partial charge on any atom is 0.346 e. The molecule has 2 atom stereocenters. The van der Waals surface area contributed by atoms with Crippen LogP contribution in [0.1, 0.15) is 34.0 Å². The molecule has 0 spiro atoms. The topological polar surface area (TPSA) is 74.8 Å². The van der Waals surface area contributed by atoms with Gasteiger partial charge in [-0.1, -0.05) is 23.7 Å². The first-order chi connectivity index (χ1) is 11.0. The van der Waals surface area contributed by atoms with Gasteiger partial charge in [0.15, 0.2) is 0 Å². The maximum absolute atomic E-state index is 12.5. The quantitative estimate of drug-likeness (QED) is 0.657. The summed E-state index contributed by atoms with van der Waals surface area (Å²) in [5, 5.41) is 4.16. The zero-order valence-corrected chi connectivity index (χ0v) is 14.3. The van der Waals surface area contributed by atoms with Gasteiger partial charge in [-0.15, -0.1) is 11.8 Å². The summed E-state index contributed by atoms with van der Waals surface area (Å²) in [5.41, 5.74) is 1.66. The molecule has 0 bridgehead atoms. The lowest BCUT2D eigenvalue weighted by Gasteiger charge is -2.10. The molecule has 1 aromatic carbocycles. The number of carbonyl (C=O) groups is 1. The average Bonchev–Trinajstić information content (AvgIpc) is 3.25. The van der Waals surface area contributed by atoms with Gasteiger partial charge in [0.25, 0.3) is 5.91 Å². The van der Waals surface area contributed by atoms with Crippen molar-refractivity contribution in [1.29, 1.82) is 0 Å². The van der Waals surface area contributed by atoms with E-state index in [0.717, 1.165) is 12.0 Å². The minimum atomic E-state index is -0.438. The smallest absolute Gasteiger partial charge is 0.346 e. The first-order valence-corrected chi connectivity index (χ1v) is 8.81. The number of amides is 1. The van der Waals surface area contributed by atoms with E-state index in [2.05, 4.69) is 15.3 Å². The highest BCUT2D eigenvalue weighted by Crippen LogP contribution is 2.41. The summed E-state index contributed by atoms with van der Waals surface area (Å²) in [6, 6.07) is 7.78. The molecule has 0 unspecified atom stereocenters. The van der Waals surface area contributed by atoms with Crippen LogP contribution in [0.25, 0.3) is 0 Å². The molecule has 0 radical (unpaired) electrons. The van der Waals surface area contributed by atoms with Crippen LogP contribution < -0.4 is 11.0 Å². The second kappa shape index (κ2) is 6.37. The summed E-state index contributed by atoms with van der Waals surface area (Å²) >= 11 is 7.30. The van der Waals surface area contributed by atoms with Crippen molar-refractivity contribution in [2.24, 2.45) is 0 Å². The third-order valence-corrected chi connectivity index (χ3v) is 4.81. The van der Waals surface area contributed by atoms with Gasteiger partial charge < -0.3 is 10.3 Å². The number of halogens is 1. The summed E-state index contributed by atoms with van der Waals surface area (Å²) in [6.45, 7) is 1.71. The van der Waals surface area contributed by atoms with Gasteiger partial charge in [0.2, 0.25) is 0 Å². The van der Waals surface area contributed by atoms with Crippen molar-refractivity contribution in [2.75, 3.05) is 6.26 Å². The highest BCUT2D eigenvalue weighted by molar-refractivity contribution is 7.98. The molecule has 1 heterocycles. The van der Waals surface area contributed by atoms with Gasteiger partial charge in [-0.05, 0) is 37.3 Å². The van der Waals surface area contributed by atoms with Crippen LogP contribution in [-0.2, 0) is 0 Å². The molecular formula is C16H16ClN3O2S. The number of nitrogens with one attached hydrogen (secondary N) is 2. The molecule has 0 aliphatic heterocycles. The van der Waals surface area contributed by atoms with E-state index in [0.29, 0.717) is 21.3 Å². The molecular weight excluding hydrogens is 334 g/mol. The van der Waals surface area contributed by atoms with Gasteiger partial charge in [-0.3, -0.25) is 4.79 Å². The van der Waals surface area contributed by atoms with Gasteiger partial charge in [-0.25, -0.2) is 4.79 Å². The number of thioether (sulfide) groups is 1. The van der Waals surface area contributed by atoms with Crippen LogP contribution in [0.4, 0.5) is 0 Å². The summed E-state index contributed by atoms with van der Waals surface area (Å²) < 4.78 is 0. The van der Waals surface area contributed by atoms with E-state index in [9.17, 15) is 9.59 Å². The summed E-state index contributed by atoms with van der Waals surface area (Å²) in [7, 11) is 0. The van der Waals surface area contributed by atoms with Crippen molar-refractivity contribution < 1.29 is 4.79 Å². The Morgan fingerprint density at radius 2 is 2.26 bits per heavy atom. The molecule has 23 heavy (non-hydrogen) atoms. The third-order valence-electron chi connectivity index (χ3n) is 3.89. The summed E-state index contributed by atoms with van der Waals surface area (Å²) in [5.74, 6) is 0.0801. The van der Waals surface area contributed by atoms with Crippen molar-refractivity contribution in [3.8, 4) is 0 Å². The van der Waals surface area contributed by atoms with Crippen molar-refractivity contribution in [3.05, 3.63) is 56.6 Å². The first kappa shape index (κ1) is 16.1. The second-order valence-electron chi connectivity index (χ2n) is 5.53. The van der Waals surface area contributed by atoms with E-state index in [-0.39, 0.29) is 17.9 Å². The second-order valence-corrected chi connectivity index (χ2v) is 6.76. The van der Waals surface area contributed by atoms with Crippen LogP contribution in [0.15, 0.2) is 34.1 Å². The van der Waals surface area contributed by atoms with Crippen LogP contribution in [0.5, 0.6) is 0 Å². The zero-order valence-electron chi connectivity index (χ0n) is 12.7. The lowest BCUT2D eigenvalue weighted by molar-refractivity contribution is 0.0945. The third kappa shape index (κ3) is 3.43. The molecule has 1 fully saturated rings. The Hall–Kier alpha value is -1.79. The standard InChI is InChI=1S/C16H16ClN3O2S/c1-8-13(15(23-2)20-16(22)18-8)14(21)19-12-7-11(12)9-4-3-5-10(17)6-9/h3-6,11-12H,7H2,1-2H3,(H,19,21)(H,18,20,22)/t11-,12+/m0/s1. The fourth-order valence-corrected chi connectivity index (χ4v) is 3.50. The molecule has 2 aromatic rings. The lowest BCUT2D eigenvalue weighted by atomic mass is 10.1. The number of hydrogen-bond donors (Lipinski definition) is 2. The van der Waals surface area contributed by atoms with E-state index >= 15 is 0 Å². The Labute approximate surface area is 142 Å². The van der Waals surface area contributed by atoms with E-state index < -0.39 is 5.69 Å². The number of rotatable bonds is 4.